The van der Waals surface area contributed by atoms with Gasteiger partial charge in [0.25, 0.3) is 5.91 Å². The number of nitrogens with one attached hydrogen (secondary N) is 4. The third kappa shape index (κ3) is 12.0. The highest BCUT2D eigenvalue weighted by Crippen LogP contribution is 2.40. The van der Waals surface area contributed by atoms with Gasteiger partial charge in [0, 0.05) is 43.4 Å². The van der Waals surface area contributed by atoms with Gasteiger partial charge < -0.3 is 58.6 Å². The fourth-order valence-corrected chi connectivity index (χ4v) is 7.81. The zero-order valence-corrected chi connectivity index (χ0v) is 38.5. The molecule has 4 aromatic carbocycles. The molecule has 0 saturated carbocycles. The van der Waals surface area contributed by atoms with Gasteiger partial charge in [-0.1, -0.05) is 63.2 Å². The van der Waals surface area contributed by atoms with Crippen molar-refractivity contribution in [3.63, 3.8) is 0 Å². The molecule has 1 heterocycles. The number of nitrogens with two attached hydrogens (primary N) is 4. The Kier molecular flexibility index (Phi) is 16.9. The molecule has 350 valence electrons. The first-order valence-corrected chi connectivity index (χ1v) is 21.9. The number of carbonyl (C=O) groups is 5. The highest BCUT2D eigenvalue weighted by molar-refractivity contribution is 6.04. The van der Waals surface area contributed by atoms with Crippen LogP contribution >= 0.6 is 0 Å². The van der Waals surface area contributed by atoms with Gasteiger partial charge in [0.05, 0.1) is 11.6 Å². The van der Waals surface area contributed by atoms with Gasteiger partial charge in [-0.25, -0.2) is 0 Å². The maximum absolute atomic E-state index is 14.7. The lowest BCUT2D eigenvalue weighted by Gasteiger charge is -2.32. The standard InChI is InChI=1S/C49H62N10O7/c1-28-23-33(31-8-11-34(12-9-31)49(3,4)5)27-37(54)42(28)46(62)57-38(15-16-50)48(64)59(6)43-32-10-14-41(66-22-19-53)36(26-32)35-24-30(7-13-40(35)65-21-18-52)25-39(45(61)55-20-17-51)58-44(60)29(2)56-47(43)63/h7-14,23-24,26-27,29,38-39,43H,15-16,18-22,25,50,52-54H2,1-6H3,(H,55,61)(H,56,63)(H,57,62)(H,58,60). The highest BCUT2D eigenvalue weighted by Gasteiger charge is 2.36. The average molecular weight is 903 g/mol. The smallest absolute Gasteiger partial charge is 0.254 e. The van der Waals surface area contributed by atoms with Crippen molar-refractivity contribution in [3.8, 4) is 39.8 Å². The molecule has 0 aromatic heterocycles. The van der Waals surface area contributed by atoms with Crippen LogP contribution in [0.1, 0.15) is 72.8 Å². The van der Waals surface area contributed by atoms with Crippen molar-refractivity contribution in [2.45, 2.75) is 77.0 Å². The third-order valence-electron chi connectivity index (χ3n) is 11.3. The lowest BCUT2D eigenvalue weighted by atomic mass is 9.86. The van der Waals surface area contributed by atoms with Gasteiger partial charge in [-0.2, -0.15) is 5.26 Å². The molecule has 4 atom stereocenters. The van der Waals surface area contributed by atoms with E-state index in [1.54, 1.807) is 49.4 Å². The number of rotatable bonds is 15. The summed E-state index contributed by atoms with van der Waals surface area (Å²) in [6, 6.07) is 18.8. The summed E-state index contributed by atoms with van der Waals surface area (Å²) in [6.45, 7) is 9.98. The van der Waals surface area contributed by atoms with Gasteiger partial charge in [0.15, 0.2) is 0 Å². The number of nitrogen functional groups attached to an aromatic ring is 1. The van der Waals surface area contributed by atoms with Gasteiger partial charge in [-0.15, -0.1) is 0 Å². The summed E-state index contributed by atoms with van der Waals surface area (Å²) in [5, 5.41) is 19.9. The number of nitrogens with zero attached hydrogens (tertiary/aromatic N) is 2. The van der Waals surface area contributed by atoms with Gasteiger partial charge in [0.2, 0.25) is 23.6 Å². The largest absolute Gasteiger partial charge is 0.492 e. The summed E-state index contributed by atoms with van der Waals surface area (Å²) >= 11 is 0. The summed E-state index contributed by atoms with van der Waals surface area (Å²) in [5.41, 5.74) is 30.0. The second kappa shape index (κ2) is 22.3. The topological polar surface area (TPSA) is 283 Å². The van der Waals surface area contributed by atoms with Gasteiger partial charge in [-0.05, 0) is 95.9 Å². The Morgan fingerprint density at radius 1 is 0.864 bits per heavy atom. The number of amides is 5. The first kappa shape index (κ1) is 50.0. The van der Waals surface area contributed by atoms with Crippen LogP contribution in [0.5, 0.6) is 11.5 Å². The number of benzene rings is 4. The monoisotopic (exact) mass is 902 g/mol. The summed E-state index contributed by atoms with van der Waals surface area (Å²) < 4.78 is 12.2. The van der Waals surface area contributed by atoms with Crippen LogP contribution in [0.2, 0.25) is 0 Å². The van der Waals surface area contributed by atoms with Crippen molar-refractivity contribution in [1.29, 1.82) is 5.26 Å². The van der Waals surface area contributed by atoms with Crippen LogP contribution in [0.25, 0.3) is 22.3 Å². The van der Waals surface area contributed by atoms with Crippen LogP contribution in [0, 0.1) is 18.3 Å². The molecular weight excluding hydrogens is 841 g/mol. The molecule has 0 radical (unpaired) electrons. The van der Waals surface area contributed by atoms with Gasteiger partial charge in [0.1, 0.15) is 55.4 Å². The van der Waals surface area contributed by atoms with E-state index < -0.39 is 53.7 Å². The minimum atomic E-state index is -1.41. The normalized spacial score (nSPS) is 16.6. The number of hydrogen-bond acceptors (Lipinski definition) is 12. The Hall–Kier alpha value is -7.00. The van der Waals surface area contributed by atoms with Crippen molar-refractivity contribution < 1.29 is 33.4 Å². The quantitative estimate of drug-likeness (QED) is 0.0632. The molecule has 0 fully saturated rings. The fourth-order valence-electron chi connectivity index (χ4n) is 7.81. The lowest BCUT2D eigenvalue weighted by Crippen LogP contribution is -2.56. The number of aryl methyl sites for hydroxylation is 1. The van der Waals surface area contributed by atoms with Crippen LogP contribution in [0.15, 0.2) is 72.8 Å². The molecule has 5 amide bonds. The predicted molar refractivity (Wildman–Crippen MR) is 253 cm³/mol. The predicted octanol–water partition coefficient (Wildman–Crippen LogP) is 2.72. The SMILES string of the molecule is Cc1cc(-c2ccc(C(C)(C)C)cc2)cc(N)c1C(=O)NC(CCN)C(=O)N(C)C1C(=O)NC(C)C(=O)NC(C(=O)NCC#N)Cc2ccc(OCCN)c(c2)-c2cc1ccc2OCCN. The van der Waals surface area contributed by atoms with E-state index in [1.165, 1.54) is 24.4 Å². The molecule has 4 aromatic rings. The molecule has 0 spiro atoms. The molecule has 17 nitrogen and oxygen atoms in total. The molecule has 1 aliphatic heterocycles. The Morgan fingerprint density at radius 2 is 1.50 bits per heavy atom. The van der Waals surface area contributed by atoms with E-state index in [0.29, 0.717) is 39.3 Å². The van der Waals surface area contributed by atoms with Crippen molar-refractivity contribution in [2.24, 2.45) is 17.2 Å². The van der Waals surface area contributed by atoms with Crippen LogP contribution in [-0.2, 0) is 31.0 Å². The first-order chi connectivity index (χ1) is 31.4. The first-order valence-electron chi connectivity index (χ1n) is 21.9. The molecular formula is C49H62N10O7. The summed E-state index contributed by atoms with van der Waals surface area (Å²) in [4.78, 5) is 71.7. The minimum absolute atomic E-state index is 0.000225. The van der Waals surface area contributed by atoms with E-state index in [-0.39, 0.29) is 68.9 Å². The van der Waals surface area contributed by atoms with E-state index in [9.17, 15) is 24.0 Å². The maximum Gasteiger partial charge on any atom is 0.254 e. The lowest BCUT2D eigenvalue weighted by molar-refractivity contribution is -0.141. The molecule has 0 aliphatic carbocycles. The number of anilines is 1. The second-order valence-corrected chi connectivity index (χ2v) is 17.3. The number of nitriles is 1. The maximum atomic E-state index is 14.7. The van der Waals surface area contributed by atoms with Gasteiger partial charge in [-0.3, -0.25) is 24.0 Å². The van der Waals surface area contributed by atoms with E-state index in [1.807, 2.05) is 24.3 Å². The molecule has 12 N–H and O–H groups in total. The Labute approximate surface area is 385 Å². The molecule has 66 heavy (non-hydrogen) atoms. The zero-order chi connectivity index (χ0) is 48.3. The number of likely N-dealkylation sites (N-methyl/N-ethyl adjacent to an activating group) is 1. The van der Waals surface area contributed by atoms with Crippen molar-refractivity contribution in [1.82, 2.24) is 26.2 Å². The Bertz CT molecular complexity index is 2440. The molecule has 17 heteroatoms. The molecule has 0 saturated heterocycles. The number of carbonyl (C=O) groups excluding carboxylic acids is 5. The average Bonchev–Trinajstić information content (AvgIpc) is 3.28. The van der Waals surface area contributed by atoms with E-state index >= 15 is 0 Å². The molecule has 1 aliphatic rings. The van der Waals surface area contributed by atoms with Crippen LogP contribution in [0.3, 0.4) is 0 Å². The zero-order valence-electron chi connectivity index (χ0n) is 38.5. The summed E-state index contributed by atoms with van der Waals surface area (Å²) in [7, 11) is 1.42. The fraction of sp³-hybridized carbons (Fsp3) is 0.388. The van der Waals surface area contributed by atoms with Gasteiger partial charge >= 0.3 is 0 Å². The van der Waals surface area contributed by atoms with E-state index in [4.69, 9.17) is 37.7 Å². The number of fused-ring (bicyclic) bond motifs is 5. The summed E-state index contributed by atoms with van der Waals surface area (Å²) in [6.07, 6.45) is 0.00162. The second-order valence-electron chi connectivity index (χ2n) is 17.3. The molecule has 4 bridgehead atoms. The highest BCUT2D eigenvalue weighted by atomic mass is 16.5. The molecule has 4 unspecified atom stereocenters. The van der Waals surface area contributed by atoms with E-state index in [0.717, 1.165) is 11.1 Å². The Morgan fingerprint density at radius 3 is 2.09 bits per heavy atom. The van der Waals surface area contributed by atoms with Crippen LogP contribution < -0.4 is 53.7 Å². The number of hydrogen-bond donors (Lipinski definition) is 8. The summed E-state index contributed by atoms with van der Waals surface area (Å²) in [5.74, 6) is -2.58. The van der Waals surface area contributed by atoms with Crippen molar-refractivity contribution >= 4 is 35.2 Å². The third-order valence-corrected chi connectivity index (χ3v) is 11.3. The Balaban J connectivity index is 1.57. The van der Waals surface area contributed by atoms with Crippen LogP contribution in [0.4, 0.5) is 5.69 Å². The van der Waals surface area contributed by atoms with E-state index in [2.05, 4.69) is 54.2 Å². The number of ether oxygens (including phenoxy) is 2. The molecule has 5 rings (SSSR count). The van der Waals surface area contributed by atoms with Crippen molar-refractivity contribution in [2.75, 3.05) is 52.2 Å². The minimum Gasteiger partial charge on any atom is -0.492 e. The van der Waals surface area contributed by atoms with Crippen LogP contribution in [-0.4, -0.2) is 99.0 Å². The van der Waals surface area contributed by atoms with Crippen molar-refractivity contribution in [3.05, 3.63) is 101 Å².